The number of Topliss-reactive ketones (excluding diaryl/α,β-unsaturated/α-hetero) is 1. The predicted octanol–water partition coefficient (Wildman–Crippen LogP) is -1.95. The van der Waals surface area contributed by atoms with Gasteiger partial charge in [0.1, 0.15) is 17.9 Å². The Morgan fingerprint density at radius 1 is 1.13 bits per heavy atom. The van der Waals surface area contributed by atoms with E-state index in [1.165, 1.54) is 13.8 Å². The minimum atomic E-state index is -1.28. The summed E-state index contributed by atoms with van der Waals surface area (Å²) in [6.07, 6.45) is 0. The maximum absolute atomic E-state index is 11.9. The van der Waals surface area contributed by atoms with Crippen LogP contribution in [0.3, 0.4) is 0 Å². The van der Waals surface area contributed by atoms with Gasteiger partial charge in [0.05, 0.1) is 6.54 Å². The molecule has 0 rings (SSSR count). The summed E-state index contributed by atoms with van der Waals surface area (Å²) in [6, 6.07) is -3.16. The van der Waals surface area contributed by atoms with Gasteiger partial charge < -0.3 is 26.8 Å². The first-order valence-corrected chi connectivity index (χ1v) is 7.55. The highest BCUT2D eigenvalue weighted by Crippen LogP contribution is 2.04. The SMILES string of the molecule is CC(=O)CNC(=O)[C@H](CSC(C)=O)NC(=O)NC[C@H](N)C(=O)O. The van der Waals surface area contributed by atoms with Gasteiger partial charge >= 0.3 is 12.0 Å². The molecule has 0 heterocycles. The van der Waals surface area contributed by atoms with Gasteiger partial charge in [0.25, 0.3) is 0 Å². The number of thioether (sulfide) groups is 1. The summed E-state index contributed by atoms with van der Waals surface area (Å²) in [6.45, 7) is 2.06. The number of carboxylic acid groups (broad SMARTS) is 1. The smallest absolute Gasteiger partial charge is 0.322 e. The van der Waals surface area contributed by atoms with E-state index in [0.29, 0.717) is 0 Å². The Hall–Kier alpha value is -2.14. The number of carboxylic acids is 1. The van der Waals surface area contributed by atoms with E-state index >= 15 is 0 Å². The molecule has 0 unspecified atom stereocenters. The topological polar surface area (TPSA) is 168 Å². The van der Waals surface area contributed by atoms with Crippen LogP contribution in [0.25, 0.3) is 0 Å². The van der Waals surface area contributed by atoms with E-state index in [2.05, 4.69) is 16.0 Å². The molecule has 0 fully saturated rings. The first-order chi connectivity index (χ1) is 10.6. The second kappa shape index (κ2) is 10.6. The molecular formula is C12H20N4O6S. The Bertz CT molecular complexity index is 484. The number of carbonyl (C=O) groups excluding carboxylic acids is 4. The third kappa shape index (κ3) is 10.3. The van der Waals surface area contributed by atoms with Gasteiger partial charge in [0.15, 0.2) is 5.12 Å². The van der Waals surface area contributed by atoms with Crippen LogP contribution >= 0.6 is 11.8 Å². The molecule has 0 aliphatic heterocycles. The molecule has 0 aliphatic rings. The van der Waals surface area contributed by atoms with E-state index in [-0.39, 0.29) is 29.7 Å². The van der Waals surface area contributed by atoms with Crippen LogP contribution < -0.4 is 21.7 Å². The normalized spacial score (nSPS) is 12.7. The number of hydrogen-bond donors (Lipinski definition) is 5. The van der Waals surface area contributed by atoms with Crippen molar-refractivity contribution in [1.82, 2.24) is 16.0 Å². The zero-order valence-corrected chi connectivity index (χ0v) is 13.6. The lowest BCUT2D eigenvalue weighted by atomic mass is 10.3. The quantitative estimate of drug-likeness (QED) is 0.320. The lowest BCUT2D eigenvalue weighted by Gasteiger charge is -2.18. The van der Waals surface area contributed by atoms with Crippen molar-refractivity contribution in [3.8, 4) is 0 Å². The molecule has 10 nitrogen and oxygen atoms in total. The lowest BCUT2D eigenvalue weighted by Crippen LogP contribution is -2.54. The summed E-state index contributed by atoms with van der Waals surface area (Å²) in [4.78, 5) is 55.9. The third-order valence-corrected chi connectivity index (χ3v) is 3.29. The molecule has 0 radical (unpaired) electrons. The molecule has 6 N–H and O–H groups in total. The molecular weight excluding hydrogens is 328 g/mol. The average Bonchev–Trinajstić information content (AvgIpc) is 2.45. The molecule has 3 amide bonds. The molecule has 0 bridgehead atoms. The van der Waals surface area contributed by atoms with Crippen molar-refractivity contribution in [2.24, 2.45) is 5.73 Å². The standard InChI is InChI=1S/C12H20N4O6S/c1-6(17)3-14-10(19)9(5-23-7(2)18)16-12(22)15-4-8(13)11(20)21/h8-9H,3-5,13H2,1-2H3,(H,14,19)(H,20,21)(H2,15,16,22)/t8-,9-/m0/s1. The molecule has 0 spiro atoms. The van der Waals surface area contributed by atoms with Crippen LogP contribution in [0.15, 0.2) is 0 Å². The van der Waals surface area contributed by atoms with Crippen molar-refractivity contribution in [2.45, 2.75) is 25.9 Å². The van der Waals surface area contributed by atoms with Gasteiger partial charge in [-0.15, -0.1) is 0 Å². The van der Waals surface area contributed by atoms with Crippen LogP contribution in [0, 0.1) is 0 Å². The molecule has 11 heteroatoms. The van der Waals surface area contributed by atoms with Crippen molar-refractivity contribution in [3.05, 3.63) is 0 Å². The molecule has 0 aromatic rings. The number of ketones is 1. The number of nitrogens with one attached hydrogen (secondary N) is 3. The Morgan fingerprint density at radius 2 is 1.74 bits per heavy atom. The molecule has 0 aromatic heterocycles. The molecule has 130 valence electrons. The third-order valence-electron chi connectivity index (χ3n) is 2.39. The monoisotopic (exact) mass is 348 g/mol. The van der Waals surface area contributed by atoms with Crippen LogP contribution in [-0.4, -0.2) is 64.8 Å². The highest BCUT2D eigenvalue weighted by molar-refractivity contribution is 8.13. The number of amides is 3. The average molecular weight is 348 g/mol. The summed E-state index contributed by atoms with van der Waals surface area (Å²) in [5.74, 6) is -2.22. The molecule has 0 saturated carbocycles. The number of nitrogens with two attached hydrogens (primary N) is 1. The van der Waals surface area contributed by atoms with Gasteiger partial charge in [0, 0.05) is 19.2 Å². The van der Waals surface area contributed by atoms with Gasteiger partial charge in [0.2, 0.25) is 5.91 Å². The zero-order valence-electron chi connectivity index (χ0n) is 12.8. The molecule has 23 heavy (non-hydrogen) atoms. The zero-order chi connectivity index (χ0) is 18.0. The molecule has 0 aliphatic carbocycles. The van der Waals surface area contributed by atoms with Gasteiger partial charge in [-0.3, -0.25) is 19.2 Å². The van der Waals surface area contributed by atoms with Crippen LogP contribution in [0.2, 0.25) is 0 Å². The summed E-state index contributed by atoms with van der Waals surface area (Å²) in [5.41, 5.74) is 5.23. The van der Waals surface area contributed by atoms with Crippen molar-refractivity contribution in [1.29, 1.82) is 0 Å². The molecule has 2 atom stereocenters. The highest BCUT2D eigenvalue weighted by atomic mass is 32.2. The van der Waals surface area contributed by atoms with Crippen LogP contribution in [0.5, 0.6) is 0 Å². The van der Waals surface area contributed by atoms with Gasteiger partial charge in [-0.2, -0.15) is 0 Å². The Kier molecular flexibility index (Phi) is 9.58. The van der Waals surface area contributed by atoms with E-state index in [0.717, 1.165) is 11.8 Å². The fourth-order valence-electron chi connectivity index (χ4n) is 1.22. The van der Waals surface area contributed by atoms with E-state index in [9.17, 15) is 24.0 Å². The first-order valence-electron chi connectivity index (χ1n) is 6.56. The van der Waals surface area contributed by atoms with Gasteiger partial charge in [-0.05, 0) is 6.92 Å². The maximum Gasteiger partial charge on any atom is 0.322 e. The largest absolute Gasteiger partial charge is 0.480 e. The molecule has 0 aromatic carbocycles. The van der Waals surface area contributed by atoms with E-state index in [1.807, 2.05) is 0 Å². The summed E-state index contributed by atoms with van der Waals surface area (Å²) in [5, 5.41) is 15.2. The minimum absolute atomic E-state index is 0.0303. The number of carbonyl (C=O) groups is 5. The van der Waals surface area contributed by atoms with Gasteiger partial charge in [-0.1, -0.05) is 11.8 Å². The lowest BCUT2D eigenvalue weighted by molar-refractivity contribution is -0.138. The fourth-order valence-corrected chi connectivity index (χ4v) is 1.85. The van der Waals surface area contributed by atoms with Crippen LogP contribution in [-0.2, 0) is 19.2 Å². The van der Waals surface area contributed by atoms with Crippen molar-refractivity contribution in [3.63, 3.8) is 0 Å². The maximum atomic E-state index is 11.9. The summed E-state index contributed by atoms with van der Waals surface area (Å²) in [7, 11) is 0. The number of rotatable bonds is 9. The highest BCUT2D eigenvalue weighted by Gasteiger charge is 2.22. The number of aliphatic carboxylic acids is 1. The molecule has 0 saturated heterocycles. The van der Waals surface area contributed by atoms with Crippen LogP contribution in [0.1, 0.15) is 13.8 Å². The Morgan fingerprint density at radius 3 is 2.22 bits per heavy atom. The number of urea groups is 1. The van der Waals surface area contributed by atoms with Crippen molar-refractivity contribution >= 4 is 40.6 Å². The second-order valence-electron chi connectivity index (χ2n) is 4.57. The minimum Gasteiger partial charge on any atom is -0.480 e. The number of hydrogen-bond acceptors (Lipinski definition) is 7. The second-order valence-corrected chi connectivity index (χ2v) is 5.77. The Balaban J connectivity index is 4.57. The first kappa shape index (κ1) is 20.9. The fraction of sp³-hybridized carbons (Fsp3) is 0.583. The van der Waals surface area contributed by atoms with E-state index in [4.69, 9.17) is 10.8 Å². The van der Waals surface area contributed by atoms with E-state index < -0.39 is 30.0 Å². The van der Waals surface area contributed by atoms with E-state index in [1.54, 1.807) is 0 Å². The summed E-state index contributed by atoms with van der Waals surface area (Å²) < 4.78 is 0. The van der Waals surface area contributed by atoms with Crippen molar-refractivity contribution in [2.75, 3.05) is 18.8 Å². The Labute approximate surface area is 136 Å². The van der Waals surface area contributed by atoms with Crippen LogP contribution in [0.4, 0.5) is 4.79 Å². The van der Waals surface area contributed by atoms with Gasteiger partial charge in [-0.25, -0.2) is 4.79 Å². The summed E-state index contributed by atoms with van der Waals surface area (Å²) >= 11 is 0.827. The van der Waals surface area contributed by atoms with Crippen molar-refractivity contribution < 1.29 is 29.1 Å². The predicted molar refractivity (Wildman–Crippen MR) is 82.8 cm³/mol.